The van der Waals surface area contributed by atoms with Gasteiger partial charge in [0, 0.05) is 38.1 Å². The minimum Gasteiger partial charge on any atom is -0.305 e. The third-order valence-electron chi connectivity index (χ3n) is 5.06. The zero-order valence-corrected chi connectivity index (χ0v) is 21.0. The number of para-hydroxylation sites is 1. The van der Waals surface area contributed by atoms with Crippen molar-refractivity contribution in [2.75, 3.05) is 0 Å². The molecule has 33 heavy (non-hydrogen) atoms. The normalized spacial score (nSPS) is 10.2. The van der Waals surface area contributed by atoms with E-state index in [9.17, 15) is 0 Å². The van der Waals surface area contributed by atoms with E-state index in [1.54, 1.807) is 6.20 Å². The number of rotatable bonds is 4. The summed E-state index contributed by atoms with van der Waals surface area (Å²) in [5.41, 5.74) is 6.61. The topological polar surface area (TPSA) is 30.7 Å². The summed E-state index contributed by atoms with van der Waals surface area (Å²) in [4.78, 5) is 4.22. The van der Waals surface area contributed by atoms with Crippen LogP contribution in [0.5, 0.6) is 0 Å². The first kappa shape index (κ1) is 24.3. The molecule has 5 aromatic rings. The fraction of sp³-hybridized carbons (Fsp3) is 0.103. The first-order valence-corrected chi connectivity index (χ1v) is 10.7. The van der Waals surface area contributed by atoms with Crippen molar-refractivity contribution in [2.24, 2.45) is 0 Å². The quantitative estimate of drug-likeness (QED) is 0.206. The Balaban J connectivity index is 0.000000202. The van der Waals surface area contributed by atoms with Crippen LogP contribution in [0.2, 0.25) is 0 Å². The summed E-state index contributed by atoms with van der Waals surface area (Å²) in [7, 11) is 0. The first-order valence-electron chi connectivity index (χ1n) is 10.7. The van der Waals surface area contributed by atoms with Gasteiger partial charge in [-0.05, 0) is 23.0 Å². The van der Waals surface area contributed by atoms with E-state index in [1.807, 2.05) is 83.7 Å². The van der Waals surface area contributed by atoms with Crippen LogP contribution >= 0.6 is 0 Å². The molecule has 0 saturated heterocycles. The molecule has 0 N–H and O–H groups in total. The molecule has 0 spiro atoms. The molecule has 167 valence electrons. The Hall–Kier alpha value is -3.33. The predicted molar refractivity (Wildman–Crippen MR) is 130 cm³/mol. The van der Waals surface area contributed by atoms with Crippen molar-refractivity contribution in [1.82, 2.24) is 14.8 Å². The molecular formula is C29H25IrN3-2. The Labute approximate surface area is 209 Å². The van der Waals surface area contributed by atoms with Gasteiger partial charge in [-0.3, -0.25) is 4.68 Å². The Kier molecular flexibility index (Phi) is 8.88. The Bertz CT molecular complexity index is 1200. The van der Waals surface area contributed by atoms with Crippen LogP contribution in [0.1, 0.15) is 25.3 Å². The maximum absolute atomic E-state index is 4.49. The van der Waals surface area contributed by atoms with Crippen LogP contribution in [-0.4, -0.2) is 14.8 Å². The monoisotopic (exact) mass is 608 g/mol. The SMILES string of the molecule is CC(C)c1ccc[c-]c1-n1cc(-c2ccccc2)cn1.[Ir].[c-]1ccccc1-c1ccccn1. The molecular weight excluding hydrogens is 583 g/mol. The summed E-state index contributed by atoms with van der Waals surface area (Å²) < 4.78 is 1.91. The molecule has 0 unspecified atom stereocenters. The zero-order chi connectivity index (χ0) is 22.2. The van der Waals surface area contributed by atoms with Gasteiger partial charge in [0.25, 0.3) is 0 Å². The van der Waals surface area contributed by atoms with Crippen LogP contribution < -0.4 is 0 Å². The van der Waals surface area contributed by atoms with Gasteiger partial charge in [0.2, 0.25) is 0 Å². The van der Waals surface area contributed by atoms with Crippen molar-refractivity contribution >= 4 is 0 Å². The molecule has 3 aromatic carbocycles. The van der Waals surface area contributed by atoms with Gasteiger partial charge in [-0.25, -0.2) is 0 Å². The van der Waals surface area contributed by atoms with Crippen molar-refractivity contribution in [3.05, 3.63) is 127 Å². The third-order valence-corrected chi connectivity index (χ3v) is 5.06. The van der Waals surface area contributed by atoms with Gasteiger partial charge in [0.15, 0.2) is 0 Å². The molecule has 0 saturated carbocycles. The number of nitrogens with zero attached hydrogens (tertiary/aromatic N) is 3. The molecule has 0 aliphatic rings. The summed E-state index contributed by atoms with van der Waals surface area (Å²) in [5, 5.41) is 4.49. The maximum atomic E-state index is 4.49. The first-order chi connectivity index (χ1) is 15.7. The van der Waals surface area contributed by atoms with Crippen molar-refractivity contribution in [3.63, 3.8) is 0 Å². The standard InChI is InChI=1S/C18H17N2.C11H8N.Ir/c1-14(2)17-10-6-7-11-18(17)20-13-16(12-19-20)15-8-4-3-5-9-15;1-2-6-10(7-3-1)11-8-4-5-9-12-11;/h3-10,12-14H,1-2H3;1-6,8-9H;/q2*-1;. The number of hydrogen-bond acceptors (Lipinski definition) is 2. The molecule has 0 bridgehead atoms. The molecule has 4 heteroatoms. The van der Waals surface area contributed by atoms with Gasteiger partial charge >= 0.3 is 0 Å². The largest absolute Gasteiger partial charge is 0.305 e. The molecule has 2 aromatic heterocycles. The second-order valence-corrected chi connectivity index (χ2v) is 7.66. The predicted octanol–water partition coefficient (Wildman–Crippen LogP) is 7.01. The van der Waals surface area contributed by atoms with Crippen molar-refractivity contribution in [3.8, 4) is 28.1 Å². The van der Waals surface area contributed by atoms with Crippen LogP contribution in [0, 0.1) is 12.1 Å². The number of hydrogen-bond donors (Lipinski definition) is 0. The van der Waals surface area contributed by atoms with E-state index in [-0.39, 0.29) is 20.1 Å². The molecule has 0 aliphatic heterocycles. The van der Waals surface area contributed by atoms with Crippen LogP contribution in [-0.2, 0) is 20.1 Å². The second kappa shape index (κ2) is 12.1. The van der Waals surface area contributed by atoms with E-state index in [1.165, 1.54) is 11.1 Å². The second-order valence-electron chi connectivity index (χ2n) is 7.66. The summed E-state index contributed by atoms with van der Waals surface area (Å²) >= 11 is 0. The maximum Gasteiger partial charge on any atom is 0.0571 e. The summed E-state index contributed by atoms with van der Waals surface area (Å²) in [6, 6.07) is 36.5. The average molecular weight is 608 g/mol. The van der Waals surface area contributed by atoms with E-state index in [2.05, 4.69) is 60.5 Å². The van der Waals surface area contributed by atoms with Crippen molar-refractivity contribution in [1.29, 1.82) is 0 Å². The molecule has 2 heterocycles. The number of aromatic nitrogens is 3. The van der Waals surface area contributed by atoms with Gasteiger partial charge in [0.05, 0.1) is 6.20 Å². The molecule has 5 rings (SSSR count). The molecule has 0 aliphatic carbocycles. The summed E-state index contributed by atoms with van der Waals surface area (Å²) in [6.07, 6.45) is 5.75. The summed E-state index contributed by atoms with van der Waals surface area (Å²) in [6.45, 7) is 4.38. The fourth-order valence-electron chi connectivity index (χ4n) is 3.40. The van der Waals surface area contributed by atoms with E-state index >= 15 is 0 Å². The van der Waals surface area contributed by atoms with Crippen LogP contribution in [0.15, 0.2) is 110 Å². The van der Waals surface area contributed by atoms with Crippen molar-refractivity contribution in [2.45, 2.75) is 19.8 Å². The third kappa shape index (κ3) is 6.35. The molecule has 0 amide bonds. The average Bonchev–Trinajstić information content (AvgIpc) is 3.36. The Morgan fingerprint density at radius 2 is 1.52 bits per heavy atom. The van der Waals surface area contributed by atoms with E-state index in [0.717, 1.165) is 22.5 Å². The fourth-order valence-corrected chi connectivity index (χ4v) is 3.40. The number of pyridine rings is 1. The van der Waals surface area contributed by atoms with Gasteiger partial charge in [0.1, 0.15) is 0 Å². The minimum atomic E-state index is 0. The smallest absolute Gasteiger partial charge is 0.0571 e. The Morgan fingerprint density at radius 1 is 0.758 bits per heavy atom. The van der Waals surface area contributed by atoms with E-state index in [4.69, 9.17) is 0 Å². The van der Waals surface area contributed by atoms with Gasteiger partial charge in [-0.1, -0.05) is 62.2 Å². The van der Waals surface area contributed by atoms with Crippen LogP contribution in [0.3, 0.4) is 0 Å². The van der Waals surface area contributed by atoms with Crippen LogP contribution in [0.25, 0.3) is 28.1 Å². The van der Waals surface area contributed by atoms with Crippen molar-refractivity contribution < 1.29 is 20.1 Å². The van der Waals surface area contributed by atoms with E-state index < -0.39 is 0 Å². The summed E-state index contributed by atoms with van der Waals surface area (Å²) in [5.74, 6) is 0.451. The van der Waals surface area contributed by atoms with E-state index in [0.29, 0.717) is 5.92 Å². The molecule has 0 atom stereocenters. The molecule has 3 nitrogen and oxygen atoms in total. The zero-order valence-electron chi connectivity index (χ0n) is 18.6. The molecule has 0 fully saturated rings. The molecule has 1 radical (unpaired) electrons. The number of benzene rings is 3. The van der Waals surface area contributed by atoms with Gasteiger partial charge < -0.3 is 4.98 Å². The van der Waals surface area contributed by atoms with Crippen LogP contribution in [0.4, 0.5) is 0 Å². The minimum absolute atomic E-state index is 0. The van der Waals surface area contributed by atoms with Gasteiger partial charge in [-0.2, -0.15) is 29.4 Å². The van der Waals surface area contributed by atoms with Gasteiger partial charge in [-0.15, -0.1) is 41.5 Å². The Morgan fingerprint density at radius 3 is 2.21 bits per heavy atom.